The molecule has 3 aromatic rings. The van der Waals surface area contributed by atoms with Crippen molar-refractivity contribution in [1.29, 1.82) is 0 Å². The summed E-state index contributed by atoms with van der Waals surface area (Å²) in [5.41, 5.74) is 2.17. The first-order chi connectivity index (χ1) is 12.7. The van der Waals surface area contributed by atoms with Gasteiger partial charge in [0.1, 0.15) is 17.3 Å². The number of carbonyl (C=O) groups is 1. The van der Waals surface area contributed by atoms with Crippen molar-refractivity contribution >= 4 is 33.3 Å². The smallest absolute Gasteiger partial charge is 0.239 e. The van der Waals surface area contributed by atoms with E-state index in [-0.39, 0.29) is 12.5 Å². The van der Waals surface area contributed by atoms with Gasteiger partial charge in [-0.2, -0.15) is 0 Å². The molecule has 26 heavy (non-hydrogen) atoms. The highest BCUT2D eigenvalue weighted by molar-refractivity contribution is 7.17. The molecule has 6 nitrogen and oxygen atoms in total. The van der Waals surface area contributed by atoms with Crippen LogP contribution in [0.5, 0.6) is 0 Å². The van der Waals surface area contributed by atoms with Crippen molar-refractivity contribution in [3.05, 3.63) is 41.5 Å². The standard InChI is InChI=1S/C19H20N4O2S/c1-25-10-15-22-18(20-9-16(24)21-13-7-8-13)17-14(11-26-19(17)23-15)12-5-3-2-4-6-12/h2-6,11,13H,7-10H2,1H3,(H,21,24)(H,20,22,23). The second kappa shape index (κ2) is 7.39. The molecule has 1 fully saturated rings. The van der Waals surface area contributed by atoms with Gasteiger partial charge in [0.25, 0.3) is 0 Å². The van der Waals surface area contributed by atoms with Crippen molar-refractivity contribution in [3.63, 3.8) is 0 Å². The number of hydrogen-bond donors (Lipinski definition) is 2. The summed E-state index contributed by atoms with van der Waals surface area (Å²) >= 11 is 1.57. The minimum atomic E-state index is -0.0101. The molecular formula is C19H20N4O2S. The molecule has 7 heteroatoms. The van der Waals surface area contributed by atoms with Crippen molar-refractivity contribution in [2.24, 2.45) is 0 Å². The number of hydrogen-bond acceptors (Lipinski definition) is 6. The predicted molar refractivity (Wildman–Crippen MR) is 103 cm³/mol. The average molecular weight is 368 g/mol. The molecule has 0 bridgehead atoms. The van der Waals surface area contributed by atoms with Gasteiger partial charge in [-0.05, 0) is 18.4 Å². The first-order valence-electron chi connectivity index (χ1n) is 8.60. The Morgan fingerprint density at radius 2 is 2.08 bits per heavy atom. The molecule has 2 heterocycles. The normalized spacial score (nSPS) is 13.7. The third-order valence-electron chi connectivity index (χ3n) is 4.20. The highest BCUT2D eigenvalue weighted by Crippen LogP contribution is 2.36. The fourth-order valence-corrected chi connectivity index (χ4v) is 3.77. The maximum atomic E-state index is 12.1. The zero-order valence-electron chi connectivity index (χ0n) is 14.5. The molecule has 1 saturated carbocycles. The van der Waals surface area contributed by atoms with E-state index in [0.29, 0.717) is 24.3 Å². The van der Waals surface area contributed by atoms with Crippen molar-refractivity contribution in [2.45, 2.75) is 25.5 Å². The predicted octanol–water partition coefficient (Wildman–Crippen LogP) is 3.20. The fourth-order valence-electron chi connectivity index (χ4n) is 2.81. The summed E-state index contributed by atoms with van der Waals surface area (Å²) in [6.07, 6.45) is 2.15. The topological polar surface area (TPSA) is 76.1 Å². The van der Waals surface area contributed by atoms with Crippen LogP contribution in [-0.2, 0) is 16.1 Å². The number of benzene rings is 1. The van der Waals surface area contributed by atoms with E-state index >= 15 is 0 Å². The minimum Gasteiger partial charge on any atom is -0.377 e. The number of ether oxygens (including phenoxy) is 1. The van der Waals surface area contributed by atoms with Crippen LogP contribution in [0.15, 0.2) is 35.7 Å². The Morgan fingerprint density at radius 1 is 1.27 bits per heavy atom. The van der Waals surface area contributed by atoms with Gasteiger partial charge in [0.05, 0.1) is 11.9 Å². The van der Waals surface area contributed by atoms with E-state index in [1.54, 1.807) is 18.4 Å². The Hall–Kier alpha value is -2.51. The highest BCUT2D eigenvalue weighted by atomic mass is 32.1. The molecule has 1 aliphatic carbocycles. The van der Waals surface area contributed by atoms with E-state index in [1.807, 2.05) is 18.2 Å². The van der Waals surface area contributed by atoms with Crippen molar-refractivity contribution in [3.8, 4) is 11.1 Å². The molecular weight excluding hydrogens is 348 g/mol. The van der Waals surface area contributed by atoms with E-state index in [0.717, 1.165) is 34.2 Å². The van der Waals surface area contributed by atoms with Gasteiger partial charge in [0.2, 0.25) is 5.91 Å². The lowest BCUT2D eigenvalue weighted by Gasteiger charge is -2.10. The lowest BCUT2D eigenvalue weighted by molar-refractivity contribution is -0.119. The SMILES string of the molecule is COCc1nc(NCC(=O)NC2CC2)c2c(-c3ccccc3)csc2n1. The van der Waals surface area contributed by atoms with Crippen LogP contribution in [0.2, 0.25) is 0 Å². The number of thiophene rings is 1. The largest absolute Gasteiger partial charge is 0.377 e. The molecule has 4 rings (SSSR count). The summed E-state index contributed by atoms with van der Waals surface area (Å²) in [6.45, 7) is 0.524. The maximum absolute atomic E-state index is 12.1. The van der Waals surface area contributed by atoms with E-state index in [2.05, 4.69) is 38.1 Å². The third-order valence-corrected chi connectivity index (χ3v) is 5.07. The lowest BCUT2D eigenvalue weighted by Crippen LogP contribution is -2.31. The number of anilines is 1. The first-order valence-corrected chi connectivity index (χ1v) is 9.48. The number of rotatable bonds is 7. The summed E-state index contributed by atoms with van der Waals surface area (Å²) in [5.74, 6) is 1.27. The van der Waals surface area contributed by atoms with Crippen LogP contribution in [0.1, 0.15) is 18.7 Å². The van der Waals surface area contributed by atoms with E-state index in [9.17, 15) is 4.79 Å². The highest BCUT2D eigenvalue weighted by Gasteiger charge is 2.23. The monoisotopic (exact) mass is 368 g/mol. The average Bonchev–Trinajstić information content (AvgIpc) is 3.36. The van der Waals surface area contributed by atoms with Crippen LogP contribution < -0.4 is 10.6 Å². The number of methoxy groups -OCH3 is 1. The molecule has 0 radical (unpaired) electrons. The Kier molecular flexibility index (Phi) is 4.81. The van der Waals surface area contributed by atoms with Crippen molar-refractivity contribution in [1.82, 2.24) is 15.3 Å². The van der Waals surface area contributed by atoms with Crippen LogP contribution in [0.3, 0.4) is 0 Å². The molecule has 134 valence electrons. The Balaban J connectivity index is 1.69. The van der Waals surface area contributed by atoms with Crippen LogP contribution >= 0.6 is 11.3 Å². The van der Waals surface area contributed by atoms with Gasteiger partial charge < -0.3 is 15.4 Å². The Bertz CT molecular complexity index is 922. The molecule has 0 atom stereocenters. The Morgan fingerprint density at radius 3 is 2.81 bits per heavy atom. The van der Waals surface area contributed by atoms with Crippen LogP contribution in [0, 0.1) is 0 Å². The maximum Gasteiger partial charge on any atom is 0.239 e. The second-order valence-electron chi connectivity index (χ2n) is 6.31. The van der Waals surface area contributed by atoms with Gasteiger partial charge >= 0.3 is 0 Å². The molecule has 0 aliphatic heterocycles. The summed E-state index contributed by atoms with van der Waals surface area (Å²) in [5, 5.41) is 9.22. The van der Waals surface area contributed by atoms with E-state index < -0.39 is 0 Å². The molecule has 2 aromatic heterocycles. The molecule has 1 aliphatic rings. The van der Waals surface area contributed by atoms with E-state index in [1.165, 1.54) is 0 Å². The minimum absolute atomic E-state index is 0.0101. The quantitative estimate of drug-likeness (QED) is 0.670. The van der Waals surface area contributed by atoms with Crippen LogP contribution in [-0.4, -0.2) is 35.6 Å². The number of carbonyl (C=O) groups excluding carboxylic acids is 1. The summed E-state index contributed by atoms with van der Waals surface area (Å²) in [4.78, 5) is 22.1. The van der Waals surface area contributed by atoms with Gasteiger partial charge in [-0.25, -0.2) is 9.97 Å². The molecule has 1 amide bonds. The van der Waals surface area contributed by atoms with E-state index in [4.69, 9.17) is 4.74 Å². The third kappa shape index (κ3) is 3.68. The number of amides is 1. The number of nitrogens with zero attached hydrogens (tertiary/aromatic N) is 2. The number of aromatic nitrogens is 2. The number of fused-ring (bicyclic) bond motifs is 1. The van der Waals surface area contributed by atoms with Gasteiger partial charge in [-0.1, -0.05) is 30.3 Å². The molecule has 2 N–H and O–H groups in total. The summed E-state index contributed by atoms with van der Waals surface area (Å²) in [7, 11) is 1.62. The van der Waals surface area contributed by atoms with Crippen LogP contribution in [0.25, 0.3) is 21.3 Å². The first kappa shape index (κ1) is 16.9. The fraction of sp³-hybridized carbons (Fsp3) is 0.316. The molecule has 0 unspecified atom stereocenters. The van der Waals surface area contributed by atoms with Gasteiger partial charge in [-0.3, -0.25) is 4.79 Å². The summed E-state index contributed by atoms with van der Waals surface area (Å²) in [6, 6.07) is 10.5. The Labute approximate surface area is 155 Å². The molecule has 0 spiro atoms. The second-order valence-corrected chi connectivity index (χ2v) is 7.17. The zero-order valence-corrected chi connectivity index (χ0v) is 15.3. The number of nitrogens with one attached hydrogen (secondary N) is 2. The molecule has 1 aromatic carbocycles. The van der Waals surface area contributed by atoms with Gasteiger partial charge in [0, 0.05) is 24.1 Å². The van der Waals surface area contributed by atoms with Gasteiger partial charge in [-0.15, -0.1) is 11.3 Å². The summed E-state index contributed by atoms with van der Waals surface area (Å²) < 4.78 is 5.18. The molecule has 0 saturated heterocycles. The zero-order chi connectivity index (χ0) is 17.9. The van der Waals surface area contributed by atoms with Crippen molar-refractivity contribution in [2.75, 3.05) is 19.0 Å². The lowest BCUT2D eigenvalue weighted by atomic mass is 10.1. The van der Waals surface area contributed by atoms with Crippen LogP contribution in [0.4, 0.5) is 5.82 Å². The van der Waals surface area contributed by atoms with Crippen molar-refractivity contribution < 1.29 is 9.53 Å². The van der Waals surface area contributed by atoms with Gasteiger partial charge in [0.15, 0.2) is 5.82 Å².